The molecule has 0 spiro atoms. The molecule has 0 aromatic heterocycles. The molecule has 1 aliphatic rings. The van der Waals surface area contributed by atoms with Gasteiger partial charge in [-0.15, -0.1) is 0 Å². The molecular weight excluding hydrogens is 372 g/mol. The number of rotatable bonds is 10. The van der Waals surface area contributed by atoms with Crippen molar-refractivity contribution in [1.29, 1.82) is 0 Å². The molecule has 30 heavy (non-hydrogen) atoms. The van der Waals surface area contributed by atoms with E-state index in [1.165, 1.54) is 5.57 Å². The topological polar surface area (TPSA) is 41.6 Å². The van der Waals surface area contributed by atoms with Crippen molar-refractivity contribution >= 4 is 5.91 Å². The third-order valence-electron chi connectivity index (χ3n) is 5.99. The van der Waals surface area contributed by atoms with Crippen molar-refractivity contribution in [3.05, 3.63) is 53.6 Å². The van der Waals surface area contributed by atoms with Gasteiger partial charge < -0.3 is 10.1 Å². The van der Waals surface area contributed by atoms with Crippen molar-refractivity contribution in [1.82, 2.24) is 10.2 Å². The maximum absolute atomic E-state index is 12.9. The van der Waals surface area contributed by atoms with E-state index in [9.17, 15) is 4.79 Å². The van der Waals surface area contributed by atoms with Crippen LogP contribution in [0.5, 0.6) is 5.75 Å². The predicted octanol–water partition coefficient (Wildman–Crippen LogP) is 5.28. The Morgan fingerprint density at radius 2 is 1.93 bits per heavy atom. The van der Waals surface area contributed by atoms with Crippen molar-refractivity contribution in [2.45, 2.75) is 66.3 Å². The first-order valence-electron chi connectivity index (χ1n) is 11.4. The highest BCUT2D eigenvalue weighted by atomic mass is 16.5. The zero-order chi connectivity index (χ0) is 22.0. The van der Waals surface area contributed by atoms with Crippen LogP contribution in [0.2, 0.25) is 0 Å². The zero-order valence-electron chi connectivity index (χ0n) is 19.5. The van der Waals surface area contributed by atoms with E-state index in [-0.39, 0.29) is 17.4 Å². The van der Waals surface area contributed by atoms with Gasteiger partial charge in [0.05, 0.1) is 6.61 Å². The van der Waals surface area contributed by atoms with Crippen molar-refractivity contribution in [3.63, 3.8) is 0 Å². The Morgan fingerprint density at radius 1 is 1.23 bits per heavy atom. The number of hydrogen-bond acceptors (Lipinski definition) is 3. The third-order valence-corrected chi connectivity index (χ3v) is 5.99. The molecule has 166 valence electrons. The second-order valence-electron chi connectivity index (χ2n) is 8.99. The van der Waals surface area contributed by atoms with Gasteiger partial charge in [0.1, 0.15) is 5.75 Å². The fourth-order valence-electron chi connectivity index (χ4n) is 3.86. The summed E-state index contributed by atoms with van der Waals surface area (Å²) in [6, 6.07) is 8.34. The molecule has 4 nitrogen and oxygen atoms in total. The first kappa shape index (κ1) is 24.2. The van der Waals surface area contributed by atoms with E-state index in [2.05, 4.69) is 55.3 Å². The maximum atomic E-state index is 12.9. The van der Waals surface area contributed by atoms with Crippen molar-refractivity contribution < 1.29 is 9.53 Å². The molecule has 1 amide bonds. The molecule has 1 fully saturated rings. The van der Waals surface area contributed by atoms with E-state index in [4.69, 9.17) is 4.74 Å². The standard InChI is InChI=1S/C26H40N2O2/c1-6-11-22(7-2)20-28-17-14-23(15-18-28)27-25(29)26(4,5)16-10-19-30-24-13-9-8-12-21(24)3/h6-9,11-13,23H,10,14-20H2,1-5H3,(H,27,29)/b11-6-,22-7+. The summed E-state index contributed by atoms with van der Waals surface area (Å²) in [6.07, 6.45) is 10.2. The van der Waals surface area contributed by atoms with Crippen LogP contribution in [0.1, 0.15) is 58.9 Å². The number of carbonyl (C=O) groups excluding carboxylic acids is 1. The Labute approximate surface area is 183 Å². The Hall–Kier alpha value is -2.07. The first-order valence-corrected chi connectivity index (χ1v) is 11.4. The lowest BCUT2D eigenvalue weighted by molar-refractivity contribution is -0.130. The molecule has 0 unspecified atom stereocenters. The van der Waals surface area contributed by atoms with Crippen molar-refractivity contribution in [2.24, 2.45) is 5.41 Å². The van der Waals surface area contributed by atoms with Gasteiger partial charge in [0, 0.05) is 31.1 Å². The zero-order valence-corrected chi connectivity index (χ0v) is 19.5. The molecule has 1 aromatic carbocycles. The SMILES string of the molecule is C/C=C\C(=C/C)CN1CCC(NC(=O)C(C)(C)CCCOc2ccccc2C)CC1. The van der Waals surface area contributed by atoms with Gasteiger partial charge in [0.15, 0.2) is 0 Å². The number of hydrogen-bond donors (Lipinski definition) is 1. The van der Waals surface area contributed by atoms with Gasteiger partial charge >= 0.3 is 0 Å². The molecule has 4 heteroatoms. The number of nitrogens with zero attached hydrogens (tertiary/aromatic N) is 1. The number of aryl methyl sites for hydroxylation is 1. The fourth-order valence-corrected chi connectivity index (χ4v) is 3.86. The Kier molecular flexibility index (Phi) is 9.64. The number of para-hydroxylation sites is 1. The summed E-state index contributed by atoms with van der Waals surface area (Å²) in [6.45, 7) is 14.0. The number of carbonyl (C=O) groups is 1. The molecule has 0 atom stereocenters. The number of amides is 1. The maximum Gasteiger partial charge on any atom is 0.225 e. The Balaban J connectivity index is 1.71. The van der Waals surface area contributed by atoms with Gasteiger partial charge in [0.2, 0.25) is 5.91 Å². The lowest BCUT2D eigenvalue weighted by atomic mass is 9.86. The number of piperidine rings is 1. The monoisotopic (exact) mass is 412 g/mol. The molecule has 0 bridgehead atoms. The van der Waals surface area contributed by atoms with Crippen LogP contribution in [0.4, 0.5) is 0 Å². The molecule has 0 aliphatic carbocycles. The largest absolute Gasteiger partial charge is 0.493 e. The van der Waals surface area contributed by atoms with Crippen LogP contribution >= 0.6 is 0 Å². The number of allylic oxidation sites excluding steroid dienone is 2. The number of likely N-dealkylation sites (tertiary alicyclic amines) is 1. The predicted molar refractivity (Wildman–Crippen MR) is 126 cm³/mol. The fraction of sp³-hybridized carbons (Fsp3) is 0.577. The van der Waals surface area contributed by atoms with E-state index in [1.807, 2.05) is 32.0 Å². The summed E-state index contributed by atoms with van der Waals surface area (Å²) >= 11 is 0. The highest BCUT2D eigenvalue weighted by molar-refractivity contribution is 5.82. The van der Waals surface area contributed by atoms with E-state index in [1.54, 1.807) is 0 Å². The van der Waals surface area contributed by atoms with Crippen LogP contribution in [0, 0.1) is 12.3 Å². The van der Waals surface area contributed by atoms with Crippen LogP contribution in [0.3, 0.4) is 0 Å². The Bertz CT molecular complexity index is 728. The van der Waals surface area contributed by atoms with Crippen LogP contribution in [0.25, 0.3) is 0 Å². The summed E-state index contributed by atoms with van der Waals surface area (Å²) in [4.78, 5) is 15.3. The minimum atomic E-state index is -0.379. The van der Waals surface area contributed by atoms with Gasteiger partial charge in [-0.2, -0.15) is 0 Å². The molecule has 1 N–H and O–H groups in total. The second-order valence-corrected chi connectivity index (χ2v) is 8.99. The smallest absolute Gasteiger partial charge is 0.225 e. The first-order chi connectivity index (χ1) is 14.4. The Morgan fingerprint density at radius 3 is 2.57 bits per heavy atom. The highest BCUT2D eigenvalue weighted by Crippen LogP contribution is 2.25. The highest BCUT2D eigenvalue weighted by Gasteiger charge is 2.30. The average molecular weight is 413 g/mol. The van der Waals surface area contributed by atoms with E-state index >= 15 is 0 Å². The van der Waals surface area contributed by atoms with E-state index in [0.29, 0.717) is 6.61 Å². The van der Waals surface area contributed by atoms with Gasteiger partial charge in [-0.3, -0.25) is 9.69 Å². The average Bonchev–Trinajstić information content (AvgIpc) is 2.73. The molecule has 1 saturated heterocycles. The summed E-state index contributed by atoms with van der Waals surface area (Å²) < 4.78 is 5.89. The lowest BCUT2D eigenvalue weighted by Gasteiger charge is -2.34. The summed E-state index contributed by atoms with van der Waals surface area (Å²) in [5.41, 5.74) is 2.12. The quantitative estimate of drug-likeness (QED) is 0.420. The van der Waals surface area contributed by atoms with E-state index < -0.39 is 0 Å². The number of ether oxygens (including phenoxy) is 1. The van der Waals surface area contributed by atoms with Crippen LogP contribution in [0.15, 0.2) is 48.1 Å². The third kappa shape index (κ3) is 7.64. The molecule has 2 rings (SSSR count). The number of benzene rings is 1. The molecular formula is C26H40N2O2. The van der Waals surface area contributed by atoms with Gasteiger partial charge in [0.25, 0.3) is 0 Å². The van der Waals surface area contributed by atoms with Crippen LogP contribution < -0.4 is 10.1 Å². The summed E-state index contributed by atoms with van der Waals surface area (Å²) in [5.74, 6) is 1.10. The van der Waals surface area contributed by atoms with Crippen LogP contribution in [-0.4, -0.2) is 43.1 Å². The summed E-state index contributed by atoms with van der Waals surface area (Å²) in [7, 11) is 0. The molecule has 0 saturated carbocycles. The van der Waals surface area contributed by atoms with Crippen molar-refractivity contribution in [3.8, 4) is 5.75 Å². The second kappa shape index (κ2) is 11.9. The normalized spacial score (nSPS) is 16.8. The van der Waals surface area contributed by atoms with Crippen LogP contribution in [-0.2, 0) is 4.79 Å². The van der Waals surface area contributed by atoms with Crippen molar-refractivity contribution in [2.75, 3.05) is 26.2 Å². The molecule has 1 aliphatic heterocycles. The lowest BCUT2D eigenvalue weighted by Crippen LogP contribution is -2.48. The minimum absolute atomic E-state index is 0.167. The molecule has 1 aromatic rings. The van der Waals surface area contributed by atoms with E-state index in [0.717, 1.165) is 56.6 Å². The van der Waals surface area contributed by atoms with Gasteiger partial charge in [-0.1, -0.05) is 50.3 Å². The summed E-state index contributed by atoms with van der Waals surface area (Å²) in [5, 5.41) is 3.30. The number of nitrogens with one attached hydrogen (secondary N) is 1. The molecule has 1 heterocycles. The minimum Gasteiger partial charge on any atom is -0.493 e. The molecule has 0 radical (unpaired) electrons. The van der Waals surface area contributed by atoms with Gasteiger partial charge in [-0.05, 0) is 63.7 Å². The van der Waals surface area contributed by atoms with Gasteiger partial charge in [-0.25, -0.2) is 0 Å².